The molecule has 0 atom stereocenters. The predicted octanol–water partition coefficient (Wildman–Crippen LogP) is 1.07. The smallest absolute Gasteiger partial charge is 0.337 e. The highest BCUT2D eigenvalue weighted by Crippen LogP contribution is 2.17. The maximum Gasteiger partial charge on any atom is 0.337 e. The van der Waals surface area contributed by atoms with E-state index < -0.39 is 27.5 Å². The van der Waals surface area contributed by atoms with Crippen LogP contribution in [-0.4, -0.2) is 37.7 Å². The van der Waals surface area contributed by atoms with Crippen LogP contribution >= 0.6 is 0 Å². The number of nitrogens with one attached hydrogen (secondary N) is 1. The molecule has 1 aromatic carbocycles. The fourth-order valence-corrected chi connectivity index (χ4v) is 3.00. The molecule has 110 valence electrons. The standard InChI is InChI=1S/C13H17NO5S/c1-2-3-8-14-12(15)9-20(18,19)11-7-5-4-6-10(11)13(16)17/h4-7H,2-3,8-9H2,1H3,(H,14,15)(H,16,17). The van der Waals surface area contributed by atoms with Crippen LogP contribution in [0.3, 0.4) is 0 Å². The zero-order valence-corrected chi connectivity index (χ0v) is 11.9. The first kappa shape index (κ1) is 16.2. The van der Waals surface area contributed by atoms with Gasteiger partial charge in [0.25, 0.3) is 0 Å². The third kappa shape index (κ3) is 4.34. The molecule has 0 bridgehead atoms. The van der Waals surface area contributed by atoms with Crippen LogP contribution in [0.4, 0.5) is 0 Å². The number of hydrogen-bond acceptors (Lipinski definition) is 4. The van der Waals surface area contributed by atoms with Crippen molar-refractivity contribution in [2.75, 3.05) is 12.3 Å². The molecule has 0 spiro atoms. The summed E-state index contributed by atoms with van der Waals surface area (Å²) in [4.78, 5) is 22.2. The molecule has 6 nitrogen and oxygen atoms in total. The molecule has 0 unspecified atom stereocenters. The Morgan fingerprint density at radius 3 is 2.50 bits per heavy atom. The second kappa shape index (κ2) is 7.04. The second-order valence-corrected chi connectivity index (χ2v) is 6.22. The summed E-state index contributed by atoms with van der Waals surface area (Å²) in [5, 5.41) is 11.5. The Labute approximate surface area is 117 Å². The third-order valence-corrected chi connectivity index (χ3v) is 4.29. The van der Waals surface area contributed by atoms with Crippen molar-refractivity contribution in [3.63, 3.8) is 0 Å². The summed E-state index contributed by atoms with van der Waals surface area (Å²) in [6.07, 6.45) is 1.65. The first-order valence-corrected chi connectivity index (χ1v) is 7.85. The fourth-order valence-electron chi connectivity index (χ4n) is 1.62. The van der Waals surface area contributed by atoms with Gasteiger partial charge in [0.05, 0.1) is 10.5 Å². The monoisotopic (exact) mass is 299 g/mol. The van der Waals surface area contributed by atoms with E-state index in [-0.39, 0.29) is 10.5 Å². The number of hydrogen-bond donors (Lipinski definition) is 2. The number of carboxylic acids is 1. The molecule has 2 N–H and O–H groups in total. The lowest BCUT2D eigenvalue weighted by molar-refractivity contribution is -0.118. The Kier molecular flexibility index (Phi) is 5.69. The molecule has 1 aromatic rings. The van der Waals surface area contributed by atoms with E-state index in [9.17, 15) is 18.0 Å². The van der Waals surface area contributed by atoms with Crippen molar-refractivity contribution >= 4 is 21.7 Å². The van der Waals surface area contributed by atoms with E-state index in [1.165, 1.54) is 24.3 Å². The third-order valence-electron chi connectivity index (χ3n) is 2.63. The van der Waals surface area contributed by atoms with E-state index in [4.69, 9.17) is 5.11 Å². The zero-order valence-electron chi connectivity index (χ0n) is 11.1. The van der Waals surface area contributed by atoms with Gasteiger partial charge in [0.2, 0.25) is 5.91 Å². The molecular weight excluding hydrogens is 282 g/mol. The summed E-state index contributed by atoms with van der Waals surface area (Å²) >= 11 is 0. The molecule has 0 fully saturated rings. The number of sulfone groups is 1. The maximum atomic E-state index is 12.1. The minimum absolute atomic E-state index is 0.325. The molecule has 1 rings (SSSR count). The molecule has 0 aromatic heterocycles. The van der Waals surface area contributed by atoms with Crippen molar-refractivity contribution in [2.24, 2.45) is 0 Å². The van der Waals surface area contributed by atoms with Crippen molar-refractivity contribution in [3.05, 3.63) is 29.8 Å². The Morgan fingerprint density at radius 1 is 1.25 bits per heavy atom. The van der Waals surface area contributed by atoms with Crippen LogP contribution in [0.15, 0.2) is 29.2 Å². The number of aromatic carboxylic acids is 1. The number of carboxylic acid groups (broad SMARTS) is 1. The highest BCUT2D eigenvalue weighted by atomic mass is 32.2. The average Bonchev–Trinajstić information content (AvgIpc) is 2.38. The molecule has 0 aliphatic heterocycles. The number of carbonyl (C=O) groups excluding carboxylic acids is 1. The largest absolute Gasteiger partial charge is 0.478 e. The summed E-state index contributed by atoms with van der Waals surface area (Å²) in [5.74, 6) is -2.71. The zero-order chi connectivity index (χ0) is 15.2. The van der Waals surface area contributed by atoms with Gasteiger partial charge in [-0.15, -0.1) is 0 Å². The van der Waals surface area contributed by atoms with Crippen LogP contribution in [-0.2, 0) is 14.6 Å². The molecule has 0 radical (unpaired) electrons. The second-order valence-electron chi connectivity index (χ2n) is 4.26. The van der Waals surface area contributed by atoms with Crippen LogP contribution in [0, 0.1) is 0 Å². The van der Waals surface area contributed by atoms with Gasteiger partial charge < -0.3 is 10.4 Å². The first-order valence-electron chi connectivity index (χ1n) is 6.20. The van der Waals surface area contributed by atoms with Crippen molar-refractivity contribution in [2.45, 2.75) is 24.7 Å². The van der Waals surface area contributed by atoms with Gasteiger partial charge in [-0.25, -0.2) is 13.2 Å². The van der Waals surface area contributed by atoms with Crippen molar-refractivity contribution in [3.8, 4) is 0 Å². The molecule has 0 saturated carbocycles. The van der Waals surface area contributed by atoms with Crippen LogP contribution in [0.2, 0.25) is 0 Å². The summed E-state index contributed by atoms with van der Waals surface area (Å²) in [7, 11) is -3.97. The molecule has 0 saturated heterocycles. The van der Waals surface area contributed by atoms with Crippen LogP contribution in [0.25, 0.3) is 0 Å². The minimum atomic E-state index is -3.97. The molecular formula is C13H17NO5S. The van der Waals surface area contributed by atoms with E-state index in [1.54, 1.807) is 0 Å². The van der Waals surface area contributed by atoms with Gasteiger partial charge in [0, 0.05) is 6.54 Å². The van der Waals surface area contributed by atoms with E-state index in [2.05, 4.69) is 5.32 Å². The molecule has 0 aliphatic carbocycles. The lowest BCUT2D eigenvalue weighted by Gasteiger charge is -2.08. The number of benzene rings is 1. The Hall–Kier alpha value is -1.89. The topological polar surface area (TPSA) is 101 Å². The van der Waals surface area contributed by atoms with Gasteiger partial charge >= 0.3 is 5.97 Å². The maximum absolute atomic E-state index is 12.1. The minimum Gasteiger partial charge on any atom is -0.478 e. The first-order chi connectivity index (χ1) is 9.38. The quantitative estimate of drug-likeness (QED) is 0.734. The van der Waals surface area contributed by atoms with Gasteiger partial charge in [-0.2, -0.15) is 0 Å². The SMILES string of the molecule is CCCCNC(=O)CS(=O)(=O)c1ccccc1C(=O)O. The van der Waals surface area contributed by atoms with Crippen LogP contribution in [0.5, 0.6) is 0 Å². The number of amides is 1. The summed E-state index contributed by atoms with van der Waals surface area (Å²) in [6.45, 7) is 2.36. The Balaban J connectivity index is 2.89. The predicted molar refractivity (Wildman–Crippen MR) is 73.4 cm³/mol. The summed E-state index contributed by atoms with van der Waals surface area (Å²) in [6, 6.07) is 5.25. The molecule has 0 aliphatic rings. The lowest BCUT2D eigenvalue weighted by atomic mass is 10.2. The Morgan fingerprint density at radius 2 is 1.90 bits per heavy atom. The van der Waals surface area contributed by atoms with Crippen molar-refractivity contribution in [1.82, 2.24) is 5.32 Å². The van der Waals surface area contributed by atoms with Gasteiger partial charge in [0.15, 0.2) is 9.84 Å². The number of rotatable bonds is 7. The van der Waals surface area contributed by atoms with E-state index in [0.717, 1.165) is 12.8 Å². The summed E-state index contributed by atoms with van der Waals surface area (Å²) < 4.78 is 24.2. The molecule has 0 heterocycles. The van der Waals surface area contributed by atoms with Gasteiger partial charge in [0.1, 0.15) is 5.75 Å². The number of carbonyl (C=O) groups is 2. The van der Waals surface area contributed by atoms with Gasteiger partial charge in [-0.3, -0.25) is 4.79 Å². The molecule has 7 heteroatoms. The lowest BCUT2D eigenvalue weighted by Crippen LogP contribution is -2.31. The van der Waals surface area contributed by atoms with Crippen molar-refractivity contribution in [1.29, 1.82) is 0 Å². The summed E-state index contributed by atoms with van der Waals surface area (Å²) in [5.41, 5.74) is -0.325. The molecule has 20 heavy (non-hydrogen) atoms. The Bertz CT molecular complexity index is 595. The number of unbranched alkanes of at least 4 members (excludes halogenated alkanes) is 1. The van der Waals surface area contributed by atoms with Gasteiger partial charge in [-0.05, 0) is 18.6 Å². The molecule has 1 amide bonds. The van der Waals surface area contributed by atoms with Crippen molar-refractivity contribution < 1.29 is 23.1 Å². The van der Waals surface area contributed by atoms with Gasteiger partial charge in [-0.1, -0.05) is 25.5 Å². The normalized spacial score (nSPS) is 11.1. The van der Waals surface area contributed by atoms with E-state index >= 15 is 0 Å². The van der Waals surface area contributed by atoms with Crippen LogP contribution in [0.1, 0.15) is 30.1 Å². The highest BCUT2D eigenvalue weighted by molar-refractivity contribution is 7.92. The van der Waals surface area contributed by atoms with Crippen LogP contribution < -0.4 is 5.32 Å². The highest BCUT2D eigenvalue weighted by Gasteiger charge is 2.24. The van der Waals surface area contributed by atoms with E-state index in [0.29, 0.717) is 6.54 Å². The fraction of sp³-hybridized carbons (Fsp3) is 0.385. The average molecular weight is 299 g/mol. The van der Waals surface area contributed by atoms with E-state index in [1.807, 2.05) is 6.92 Å².